The summed E-state index contributed by atoms with van der Waals surface area (Å²) in [6.07, 6.45) is 2.44. The maximum Gasteiger partial charge on any atom is 0.220 e. The molecule has 0 saturated heterocycles. The van der Waals surface area contributed by atoms with Gasteiger partial charge in [-0.3, -0.25) is 4.79 Å². The van der Waals surface area contributed by atoms with Gasteiger partial charge in [-0.05, 0) is 42.2 Å². The van der Waals surface area contributed by atoms with Crippen molar-refractivity contribution in [3.05, 3.63) is 22.4 Å². The van der Waals surface area contributed by atoms with E-state index >= 15 is 0 Å². The molecule has 1 rings (SSSR count). The first-order valence-corrected chi connectivity index (χ1v) is 5.97. The first-order valence-electron chi connectivity index (χ1n) is 5.02. The lowest BCUT2D eigenvalue weighted by Crippen LogP contribution is -2.31. The van der Waals surface area contributed by atoms with Gasteiger partial charge in [0.15, 0.2) is 0 Å². The highest BCUT2D eigenvalue weighted by Crippen LogP contribution is 2.08. The third-order valence-electron chi connectivity index (χ3n) is 2.24. The summed E-state index contributed by atoms with van der Waals surface area (Å²) in [5.41, 5.74) is 1.26. The molecule has 0 saturated carbocycles. The Hall–Kier alpha value is -0.830. The van der Waals surface area contributed by atoms with Crippen LogP contribution in [-0.4, -0.2) is 11.9 Å². The van der Waals surface area contributed by atoms with E-state index in [4.69, 9.17) is 0 Å². The molecule has 0 spiro atoms. The molecule has 0 radical (unpaired) electrons. The van der Waals surface area contributed by atoms with Crippen molar-refractivity contribution in [2.75, 3.05) is 0 Å². The molecule has 0 bridgehead atoms. The van der Waals surface area contributed by atoms with Crippen LogP contribution in [0, 0.1) is 0 Å². The van der Waals surface area contributed by atoms with Crippen molar-refractivity contribution in [1.82, 2.24) is 5.32 Å². The van der Waals surface area contributed by atoms with E-state index in [0.717, 1.165) is 12.8 Å². The van der Waals surface area contributed by atoms with Gasteiger partial charge >= 0.3 is 0 Å². The van der Waals surface area contributed by atoms with Crippen LogP contribution >= 0.6 is 11.3 Å². The van der Waals surface area contributed by atoms with Gasteiger partial charge in [0, 0.05) is 12.5 Å². The quantitative estimate of drug-likeness (QED) is 0.797. The minimum absolute atomic E-state index is 0.158. The normalized spacial score (nSPS) is 12.4. The van der Waals surface area contributed by atoms with E-state index in [0.29, 0.717) is 12.5 Å². The molecule has 1 aromatic rings. The van der Waals surface area contributed by atoms with E-state index in [1.54, 1.807) is 11.3 Å². The second-order valence-corrected chi connectivity index (χ2v) is 4.29. The van der Waals surface area contributed by atoms with E-state index in [1.807, 2.05) is 12.3 Å². The van der Waals surface area contributed by atoms with Gasteiger partial charge in [0.1, 0.15) is 0 Å². The van der Waals surface area contributed by atoms with Crippen LogP contribution in [0.4, 0.5) is 0 Å². The van der Waals surface area contributed by atoms with Crippen molar-refractivity contribution < 1.29 is 4.79 Å². The number of nitrogens with one attached hydrogen (secondary N) is 1. The van der Waals surface area contributed by atoms with Crippen molar-refractivity contribution in [1.29, 1.82) is 0 Å². The molecule has 78 valence electrons. The number of thiophene rings is 1. The Morgan fingerprint density at radius 2 is 2.43 bits per heavy atom. The first kappa shape index (κ1) is 11.2. The van der Waals surface area contributed by atoms with E-state index in [9.17, 15) is 4.79 Å². The summed E-state index contributed by atoms with van der Waals surface area (Å²) >= 11 is 1.68. The molecule has 1 aromatic heterocycles. The highest BCUT2D eigenvalue weighted by Gasteiger charge is 2.05. The second kappa shape index (κ2) is 5.81. The molecular weight excluding hydrogens is 194 g/mol. The summed E-state index contributed by atoms with van der Waals surface area (Å²) in [6.45, 7) is 4.10. The first-order chi connectivity index (χ1) is 6.72. The van der Waals surface area contributed by atoms with Crippen LogP contribution in [0.1, 0.15) is 32.3 Å². The Balaban J connectivity index is 2.22. The molecule has 0 aliphatic rings. The van der Waals surface area contributed by atoms with Crippen molar-refractivity contribution >= 4 is 17.2 Å². The zero-order chi connectivity index (χ0) is 10.4. The summed E-state index contributed by atoms with van der Waals surface area (Å²) in [6, 6.07) is 2.37. The van der Waals surface area contributed by atoms with Gasteiger partial charge in [-0.1, -0.05) is 6.92 Å². The second-order valence-electron chi connectivity index (χ2n) is 3.51. The average Bonchev–Trinajstić information content (AvgIpc) is 2.67. The van der Waals surface area contributed by atoms with E-state index < -0.39 is 0 Å². The predicted octanol–water partition coefficient (Wildman–Crippen LogP) is 2.60. The Morgan fingerprint density at radius 1 is 1.64 bits per heavy atom. The lowest BCUT2D eigenvalue weighted by atomic mass is 10.2. The standard InChI is InChI=1S/C11H17NOS/c1-3-9(2)12-11(13)5-4-10-6-7-14-8-10/h6-9H,3-5H2,1-2H3,(H,12,13). The lowest BCUT2D eigenvalue weighted by Gasteiger charge is -2.10. The predicted molar refractivity (Wildman–Crippen MR) is 60.5 cm³/mol. The van der Waals surface area contributed by atoms with E-state index in [-0.39, 0.29) is 5.91 Å². The minimum Gasteiger partial charge on any atom is -0.354 e. The van der Waals surface area contributed by atoms with Crippen LogP contribution in [0.2, 0.25) is 0 Å². The third kappa shape index (κ3) is 3.92. The van der Waals surface area contributed by atoms with Crippen molar-refractivity contribution in [2.24, 2.45) is 0 Å². The van der Waals surface area contributed by atoms with Gasteiger partial charge in [0.2, 0.25) is 5.91 Å². The van der Waals surface area contributed by atoms with Crippen LogP contribution in [0.5, 0.6) is 0 Å². The average molecular weight is 211 g/mol. The summed E-state index contributed by atoms with van der Waals surface area (Å²) in [5.74, 6) is 0.158. The molecule has 2 nitrogen and oxygen atoms in total. The van der Waals surface area contributed by atoms with Gasteiger partial charge in [-0.2, -0.15) is 11.3 Å². The fourth-order valence-electron chi connectivity index (χ4n) is 1.14. The Labute approximate surface area is 89.3 Å². The fourth-order valence-corrected chi connectivity index (χ4v) is 1.84. The molecule has 1 amide bonds. The van der Waals surface area contributed by atoms with Crippen LogP contribution in [0.25, 0.3) is 0 Å². The van der Waals surface area contributed by atoms with E-state index in [2.05, 4.69) is 23.7 Å². The molecule has 1 atom stereocenters. The molecule has 3 heteroatoms. The SMILES string of the molecule is CCC(C)NC(=O)CCc1ccsc1. The smallest absolute Gasteiger partial charge is 0.220 e. The minimum atomic E-state index is 0.158. The van der Waals surface area contributed by atoms with Crippen LogP contribution < -0.4 is 5.32 Å². The summed E-state index contributed by atoms with van der Waals surface area (Å²) in [4.78, 5) is 11.4. The Kier molecular flexibility index (Phi) is 4.66. The molecule has 14 heavy (non-hydrogen) atoms. The zero-order valence-corrected chi connectivity index (χ0v) is 9.56. The maximum atomic E-state index is 11.4. The Morgan fingerprint density at radius 3 is 3.00 bits per heavy atom. The topological polar surface area (TPSA) is 29.1 Å². The van der Waals surface area contributed by atoms with Crippen molar-refractivity contribution in [2.45, 2.75) is 39.2 Å². The highest BCUT2D eigenvalue weighted by atomic mass is 32.1. The van der Waals surface area contributed by atoms with Gasteiger partial charge in [0.05, 0.1) is 0 Å². The van der Waals surface area contributed by atoms with Gasteiger partial charge in [-0.15, -0.1) is 0 Å². The lowest BCUT2D eigenvalue weighted by molar-refractivity contribution is -0.121. The van der Waals surface area contributed by atoms with Gasteiger partial charge < -0.3 is 5.32 Å². The van der Waals surface area contributed by atoms with Crippen LogP contribution in [-0.2, 0) is 11.2 Å². The molecule has 0 aliphatic heterocycles. The largest absolute Gasteiger partial charge is 0.354 e. The fraction of sp³-hybridized carbons (Fsp3) is 0.545. The molecule has 0 fully saturated rings. The van der Waals surface area contributed by atoms with Gasteiger partial charge in [-0.25, -0.2) is 0 Å². The molecule has 1 N–H and O–H groups in total. The number of aryl methyl sites for hydroxylation is 1. The number of hydrogen-bond donors (Lipinski definition) is 1. The van der Waals surface area contributed by atoms with Crippen molar-refractivity contribution in [3.8, 4) is 0 Å². The van der Waals surface area contributed by atoms with E-state index in [1.165, 1.54) is 5.56 Å². The Bertz CT molecular complexity index is 269. The van der Waals surface area contributed by atoms with Crippen molar-refractivity contribution in [3.63, 3.8) is 0 Å². The van der Waals surface area contributed by atoms with Crippen LogP contribution in [0.3, 0.4) is 0 Å². The summed E-state index contributed by atoms with van der Waals surface area (Å²) < 4.78 is 0. The molecule has 0 aliphatic carbocycles. The number of rotatable bonds is 5. The summed E-state index contributed by atoms with van der Waals surface area (Å²) in [7, 11) is 0. The zero-order valence-electron chi connectivity index (χ0n) is 8.75. The highest BCUT2D eigenvalue weighted by molar-refractivity contribution is 7.07. The molecular formula is C11H17NOS. The number of hydrogen-bond acceptors (Lipinski definition) is 2. The van der Waals surface area contributed by atoms with Crippen LogP contribution in [0.15, 0.2) is 16.8 Å². The molecule has 0 aromatic carbocycles. The van der Waals surface area contributed by atoms with Gasteiger partial charge in [0.25, 0.3) is 0 Å². The molecule has 1 unspecified atom stereocenters. The number of amides is 1. The monoisotopic (exact) mass is 211 g/mol. The maximum absolute atomic E-state index is 11.4. The third-order valence-corrected chi connectivity index (χ3v) is 2.97. The molecule has 1 heterocycles. The summed E-state index contributed by atoms with van der Waals surface area (Å²) in [5, 5.41) is 7.09. The number of carbonyl (C=O) groups is 1. The number of carbonyl (C=O) groups excluding carboxylic acids is 1.